The Morgan fingerprint density at radius 1 is 1.32 bits per heavy atom. The van der Waals surface area contributed by atoms with Gasteiger partial charge in [0.1, 0.15) is 6.54 Å². The Morgan fingerprint density at radius 3 is 2.71 bits per heavy atom. The molecule has 0 spiro atoms. The summed E-state index contributed by atoms with van der Waals surface area (Å²) in [6.07, 6.45) is 2.58. The minimum absolute atomic E-state index is 0.0137. The highest BCUT2D eigenvalue weighted by molar-refractivity contribution is 5.85. The zero-order chi connectivity index (χ0) is 20.3. The van der Waals surface area contributed by atoms with E-state index < -0.39 is 0 Å². The van der Waals surface area contributed by atoms with Crippen LogP contribution in [0.4, 0.5) is 0 Å². The van der Waals surface area contributed by atoms with Crippen molar-refractivity contribution in [2.75, 3.05) is 27.2 Å². The maximum Gasteiger partial charge on any atom is 0.243 e. The minimum atomic E-state index is -0.0137. The molecule has 1 amide bonds. The summed E-state index contributed by atoms with van der Waals surface area (Å²) in [4.78, 5) is 18.2. The molecule has 1 heterocycles. The van der Waals surface area contributed by atoms with Crippen molar-refractivity contribution in [2.24, 2.45) is 16.3 Å². The maximum absolute atomic E-state index is 12.1. The molecule has 28 heavy (non-hydrogen) atoms. The van der Waals surface area contributed by atoms with Crippen LogP contribution in [0.5, 0.6) is 0 Å². The number of ether oxygens (including phenoxy) is 1. The molecule has 1 aliphatic carbocycles. The molecule has 4 atom stereocenters. The van der Waals surface area contributed by atoms with Gasteiger partial charge in [-0.15, -0.1) is 0 Å². The van der Waals surface area contributed by atoms with E-state index in [4.69, 9.17) is 4.74 Å². The van der Waals surface area contributed by atoms with Gasteiger partial charge in [-0.1, -0.05) is 44.2 Å². The molecule has 3 rings (SSSR count). The van der Waals surface area contributed by atoms with E-state index in [0.29, 0.717) is 18.0 Å². The van der Waals surface area contributed by atoms with Gasteiger partial charge in [0.05, 0.1) is 12.1 Å². The Kier molecular flexibility index (Phi) is 6.28. The van der Waals surface area contributed by atoms with E-state index in [-0.39, 0.29) is 30.0 Å². The average molecular weight is 387 g/mol. The van der Waals surface area contributed by atoms with Crippen molar-refractivity contribution in [3.8, 4) is 0 Å². The predicted molar refractivity (Wildman–Crippen MR) is 112 cm³/mol. The fourth-order valence-electron chi connectivity index (χ4n) is 4.41. The van der Waals surface area contributed by atoms with Crippen LogP contribution in [0, 0.1) is 11.3 Å². The first-order valence-corrected chi connectivity index (χ1v) is 10.2. The second kappa shape index (κ2) is 8.52. The van der Waals surface area contributed by atoms with E-state index in [0.717, 1.165) is 13.0 Å². The second-order valence-electron chi connectivity index (χ2n) is 8.77. The first kappa shape index (κ1) is 20.6. The van der Waals surface area contributed by atoms with Gasteiger partial charge in [-0.05, 0) is 25.3 Å². The summed E-state index contributed by atoms with van der Waals surface area (Å²) in [5, 5.41) is 7.11. The van der Waals surface area contributed by atoms with Crippen LogP contribution in [0.25, 0.3) is 0 Å². The van der Waals surface area contributed by atoms with E-state index in [1.165, 1.54) is 12.0 Å². The highest BCUT2D eigenvalue weighted by Gasteiger charge is 2.58. The van der Waals surface area contributed by atoms with Gasteiger partial charge in [0.15, 0.2) is 5.96 Å². The van der Waals surface area contributed by atoms with Crippen molar-refractivity contribution >= 4 is 11.9 Å². The molecule has 6 nitrogen and oxygen atoms in total. The molecule has 6 heteroatoms. The molecule has 0 aromatic heterocycles. The SMILES string of the molecule is CC(NC(=NCC(=O)N(C)C)NC1C2CCCOC2C1(C)C)c1ccccc1. The zero-order valence-electron chi connectivity index (χ0n) is 17.7. The fraction of sp³-hybridized carbons (Fsp3) is 0.636. The molecule has 1 aliphatic heterocycles. The Bertz CT molecular complexity index is 702. The van der Waals surface area contributed by atoms with Crippen LogP contribution in [-0.2, 0) is 9.53 Å². The lowest BCUT2D eigenvalue weighted by Crippen LogP contribution is -2.71. The van der Waals surface area contributed by atoms with Crippen LogP contribution in [0.2, 0.25) is 0 Å². The van der Waals surface area contributed by atoms with Crippen LogP contribution in [0.1, 0.15) is 45.2 Å². The van der Waals surface area contributed by atoms with Crippen LogP contribution in [0.15, 0.2) is 35.3 Å². The van der Waals surface area contributed by atoms with E-state index >= 15 is 0 Å². The number of guanidine groups is 1. The van der Waals surface area contributed by atoms with Gasteiger partial charge in [-0.2, -0.15) is 0 Å². The molecule has 0 radical (unpaired) electrons. The Hall–Kier alpha value is -2.08. The van der Waals surface area contributed by atoms with Crippen LogP contribution in [-0.4, -0.2) is 56.2 Å². The van der Waals surface area contributed by atoms with E-state index in [2.05, 4.69) is 48.5 Å². The Morgan fingerprint density at radius 2 is 2.04 bits per heavy atom. The number of hydrogen-bond acceptors (Lipinski definition) is 3. The van der Waals surface area contributed by atoms with Crippen molar-refractivity contribution < 1.29 is 9.53 Å². The molecule has 4 unspecified atom stereocenters. The van der Waals surface area contributed by atoms with E-state index in [9.17, 15) is 4.79 Å². The number of rotatable bonds is 5. The third kappa shape index (κ3) is 4.32. The topological polar surface area (TPSA) is 66.0 Å². The number of carbonyl (C=O) groups excluding carboxylic acids is 1. The molecule has 2 aliphatic rings. The minimum Gasteiger partial charge on any atom is -0.377 e. The Balaban J connectivity index is 1.74. The first-order chi connectivity index (χ1) is 13.3. The number of hydrogen-bond donors (Lipinski definition) is 2. The molecule has 1 saturated heterocycles. The summed E-state index contributed by atoms with van der Waals surface area (Å²) < 4.78 is 6.02. The molecule has 0 bridgehead atoms. The molecule has 1 saturated carbocycles. The lowest BCUT2D eigenvalue weighted by molar-refractivity contribution is -0.188. The molecule has 2 fully saturated rings. The first-order valence-electron chi connectivity index (χ1n) is 10.2. The monoisotopic (exact) mass is 386 g/mol. The number of amides is 1. The summed E-state index contributed by atoms with van der Waals surface area (Å²) in [6, 6.07) is 10.6. The third-order valence-corrected chi connectivity index (χ3v) is 6.15. The lowest BCUT2D eigenvalue weighted by atomic mass is 9.55. The van der Waals surface area contributed by atoms with Gasteiger partial charge in [-0.3, -0.25) is 4.79 Å². The number of nitrogens with zero attached hydrogens (tertiary/aromatic N) is 2. The summed E-state index contributed by atoms with van der Waals surface area (Å²) in [7, 11) is 3.51. The Labute approximate surface area is 168 Å². The van der Waals surface area contributed by atoms with Crippen molar-refractivity contribution in [3.05, 3.63) is 35.9 Å². The van der Waals surface area contributed by atoms with Crippen molar-refractivity contribution in [1.82, 2.24) is 15.5 Å². The highest BCUT2D eigenvalue weighted by Crippen LogP contribution is 2.51. The summed E-state index contributed by atoms with van der Waals surface area (Å²) in [5.41, 5.74) is 1.22. The van der Waals surface area contributed by atoms with Gasteiger partial charge in [0.25, 0.3) is 0 Å². The predicted octanol–water partition coefficient (Wildman–Crippen LogP) is 2.57. The largest absolute Gasteiger partial charge is 0.377 e. The average Bonchev–Trinajstić information content (AvgIpc) is 2.70. The van der Waals surface area contributed by atoms with Gasteiger partial charge in [0, 0.05) is 38.1 Å². The molecule has 2 N–H and O–H groups in total. The molecular weight excluding hydrogens is 352 g/mol. The van der Waals surface area contributed by atoms with E-state index in [1.807, 2.05) is 18.2 Å². The fourth-order valence-corrected chi connectivity index (χ4v) is 4.41. The van der Waals surface area contributed by atoms with Crippen molar-refractivity contribution in [3.63, 3.8) is 0 Å². The van der Waals surface area contributed by atoms with Crippen LogP contribution < -0.4 is 10.6 Å². The maximum atomic E-state index is 12.1. The summed E-state index contributed by atoms with van der Waals surface area (Å²) in [6.45, 7) is 7.60. The number of nitrogens with one attached hydrogen (secondary N) is 2. The highest BCUT2D eigenvalue weighted by atomic mass is 16.5. The number of fused-ring (bicyclic) bond motifs is 1. The van der Waals surface area contributed by atoms with Crippen LogP contribution in [0.3, 0.4) is 0 Å². The normalized spacial score (nSPS) is 27.2. The quantitative estimate of drug-likeness (QED) is 0.603. The number of benzene rings is 1. The number of carbonyl (C=O) groups is 1. The number of likely N-dealkylation sites (N-methyl/N-ethyl adjacent to an activating group) is 1. The van der Waals surface area contributed by atoms with Gasteiger partial charge in [-0.25, -0.2) is 4.99 Å². The number of aliphatic imine (C=N–C) groups is 1. The van der Waals surface area contributed by atoms with E-state index in [1.54, 1.807) is 19.0 Å². The second-order valence-corrected chi connectivity index (χ2v) is 8.77. The summed E-state index contributed by atoms with van der Waals surface area (Å²) in [5.74, 6) is 1.17. The van der Waals surface area contributed by atoms with Crippen LogP contribution >= 0.6 is 0 Å². The third-order valence-electron chi connectivity index (χ3n) is 6.15. The lowest BCUT2D eigenvalue weighted by Gasteiger charge is -2.60. The van der Waals surface area contributed by atoms with Crippen molar-refractivity contribution in [1.29, 1.82) is 0 Å². The smallest absolute Gasteiger partial charge is 0.243 e. The zero-order valence-corrected chi connectivity index (χ0v) is 17.7. The molecule has 154 valence electrons. The van der Waals surface area contributed by atoms with Gasteiger partial charge < -0.3 is 20.3 Å². The van der Waals surface area contributed by atoms with Gasteiger partial charge in [0.2, 0.25) is 5.91 Å². The summed E-state index contributed by atoms with van der Waals surface area (Å²) >= 11 is 0. The van der Waals surface area contributed by atoms with Crippen molar-refractivity contribution in [2.45, 2.75) is 51.8 Å². The standard InChI is InChI=1S/C22H34N4O2/c1-15(16-10-7-6-8-11-16)24-21(23-14-18(27)26(4)5)25-19-17-12-9-13-28-20(17)22(19,2)3/h6-8,10-11,15,17,19-20H,9,12-14H2,1-5H3,(H2,23,24,25). The van der Waals surface area contributed by atoms with Gasteiger partial charge >= 0.3 is 0 Å². The molecule has 1 aromatic rings. The molecule has 1 aromatic carbocycles. The molecular formula is C22H34N4O2.